The van der Waals surface area contributed by atoms with E-state index in [4.69, 9.17) is 11.6 Å². The number of esters is 1. The van der Waals surface area contributed by atoms with Crippen molar-refractivity contribution >= 4 is 52.8 Å². The zero-order valence-electron chi connectivity index (χ0n) is 17.9. The second kappa shape index (κ2) is 9.14. The standard InChI is InChI=1S/C21H19ClN6O6/c1-34-17(32)15(30)21(10-4-2-3-5-13(21)29)14-16(31)28-18(24-14)26-27-19(28)25-20(33)23-12-8-6-11(22)7-9-12/h6-9,31H,2-5,10H2,1H3,(H,23,33)/t21-/m1/s1. The number of methoxy groups -OCH3 is 1. The summed E-state index contributed by atoms with van der Waals surface area (Å²) in [5, 5.41) is 21.5. The average molecular weight is 487 g/mol. The van der Waals surface area contributed by atoms with Crippen LogP contribution in [0.2, 0.25) is 5.02 Å². The molecule has 12 nitrogen and oxygen atoms in total. The lowest BCUT2D eigenvalue weighted by molar-refractivity contribution is -0.156. The summed E-state index contributed by atoms with van der Waals surface area (Å²) in [5.74, 6) is -4.08. The first-order chi connectivity index (χ1) is 16.3. The number of anilines is 1. The Morgan fingerprint density at radius 1 is 1.18 bits per heavy atom. The number of nitrogens with zero attached hydrogens (tertiary/aromatic N) is 5. The highest BCUT2D eigenvalue weighted by Gasteiger charge is 2.54. The fourth-order valence-electron chi connectivity index (χ4n) is 3.99. The number of amides is 2. The topological polar surface area (TPSA) is 165 Å². The number of carbonyl (C=O) groups excluding carboxylic acids is 4. The molecule has 2 N–H and O–H groups in total. The Morgan fingerprint density at radius 2 is 1.91 bits per heavy atom. The molecule has 1 aliphatic carbocycles. The fourth-order valence-corrected chi connectivity index (χ4v) is 4.12. The van der Waals surface area contributed by atoms with E-state index in [0.717, 1.165) is 11.7 Å². The molecule has 2 aromatic rings. The maximum absolute atomic E-state index is 13.1. The van der Waals surface area contributed by atoms with Gasteiger partial charge in [-0.1, -0.05) is 24.4 Å². The van der Waals surface area contributed by atoms with Crippen LogP contribution in [0.5, 0.6) is 5.88 Å². The highest BCUT2D eigenvalue weighted by molar-refractivity contribution is 6.42. The van der Waals surface area contributed by atoms with E-state index in [2.05, 4.69) is 30.3 Å². The Bertz CT molecular complexity index is 1250. The number of azo groups is 1. The van der Waals surface area contributed by atoms with Gasteiger partial charge in [0.1, 0.15) is 11.1 Å². The summed E-state index contributed by atoms with van der Waals surface area (Å²) in [4.78, 5) is 58.6. The molecule has 0 saturated heterocycles. The van der Waals surface area contributed by atoms with Crippen LogP contribution in [0.1, 0.15) is 37.8 Å². The lowest BCUT2D eigenvalue weighted by atomic mass is 9.72. The number of rotatable bonds is 4. The number of hydrogen-bond acceptors (Lipinski definition) is 8. The summed E-state index contributed by atoms with van der Waals surface area (Å²) in [6, 6.07) is 5.45. The normalized spacial score (nSPS) is 20.6. The first kappa shape index (κ1) is 23.2. The Hall–Kier alpha value is -3.93. The van der Waals surface area contributed by atoms with Gasteiger partial charge in [0.15, 0.2) is 5.78 Å². The number of nitrogens with one attached hydrogen (secondary N) is 1. The molecule has 0 unspecified atom stereocenters. The van der Waals surface area contributed by atoms with Crippen LogP contribution in [0.15, 0.2) is 39.5 Å². The smallest absolute Gasteiger partial charge is 0.375 e. The predicted octanol–water partition coefficient (Wildman–Crippen LogP) is 3.29. The summed E-state index contributed by atoms with van der Waals surface area (Å²) < 4.78 is 5.50. The van der Waals surface area contributed by atoms with Crippen LogP contribution in [0.25, 0.3) is 0 Å². The molecule has 1 atom stereocenters. The Labute approximate surface area is 197 Å². The minimum atomic E-state index is -2.03. The van der Waals surface area contributed by atoms with Crippen LogP contribution in [0, 0.1) is 0 Å². The third-order valence-electron chi connectivity index (χ3n) is 5.66. The third kappa shape index (κ3) is 3.96. The number of Topliss-reactive ketones (excluding diaryl/α,β-unsaturated/α-hetero) is 2. The molecule has 2 amide bonds. The third-order valence-corrected chi connectivity index (χ3v) is 5.91. The number of halogens is 1. The summed E-state index contributed by atoms with van der Waals surface area (Å²) in [6.45, 7) is 0. The van der Waals surface area contributed by atoms with Crippen molar-refractivity contribution in [3.05, 3.63) is 35.0 Å². The molecule has 0 bridgehead atoms. The molecule has 1 fully saturated rings. The molecule has 0 spiro atoms. The number of ether oxygens (including phenoxy) is 1. The molecule has 4 rings (SSSR count). The summed E-state index contributed by atoms with van der Waals surface area (Å²) in [7, 11) is 1.03. The van der Waals surface area contributed by atoms with E-state index < -0.39 is 34.9 Å². The number of aromatic nitrogens is 2. The van der Waals surface area contributed by atoms with E-state index >= 15 is 0 Å². The number of ketones is 2. The van der Waals surface area contributed by atoms with Crippen molar-refractivity contribution in [3.8, 4) is 5.88 Å². The molecule has 1 aromatic heterocycles. The molecule has 13 heteroatoms. The van der Waals surface area contributed by atoms with E-state index in [0.29, 0.717) is 30.0 Å². The van der Waals surface area contributed by atoms with Gasteiger partial charge in [-0.05, 0) is 37.1 Å². The van der Waals surface area contributed by atoms with Gasteiger partial charge in [0.05, 0.1) is 7.11 Å². The van der Waals surface area contributed by atoms with E-state index in [-0.39, 0.29) is 30.4 Å². The van der Waals surface area contributed by atoms with Crippen LogP contribution < -0.4 is 5.32 Å². The van der Waals surface area contributed by atoms with Crippen molar-refractivity contribution in [1.29, 1.82) is 0 Å². The Morgan fingerprint density at radius 3 is 2.62 bits per heavy atom. The van der Waals surface area contributed by atoms with Gasteiger partial charge in [-0.2, -0.15) is 4.99 Å². The van der Waals surface area contributed by atoms with Gasteiger partial charge in [0, 0.05) is 17.1 Å². The van der Waals surface area contributed by atoms with Gasteiger partial charge in [0.2, 0.25) is 5.88 Å². The lowest BCUT2D eigenvalue weighted by Crippen LogP contribution is -2.47. The van der Waals surface area contributed by atoms with E-state index in [1.165, 1.54) is 0 Å². The van der Waals surface area contributed by atoms with Crippen molar-refractivity contribution in [3.63, 3.8) is 0 Å². The van der Waals surface area contributed by atoms with Crippen LogP contribution in [-0.4, -0.2) is 51.3 Å². The number of benzene rings is 1. The van der Waals surface area contributed by atoms with Crippen molar-refractivity contribution in [2.45, 2.75) is 37.5 Å². The maximum Gasteiger partial charge on any atom is 0.375 e. The molecule has 2 aliphatic rings. The van der Waals surface area contributed by atoms with E-state index in [1.807, 2.05) is 0 Å². The second-order valence-electron chi connectivity index (χ2n) is 7.68. The predicted molar refractivity (Wildman–Crippen MR) is 119 cm³/mol. The van der Waals surface area contributed by atoms with Gasteiger partial charge in [0.25, 0.3) is 17.7 Å². The van der Waals surface area contributed by atoms with Crippen LogP contribution in [0.3, 0.4) is 0 Å². The number of carbonyl (C=O) groups is 4. The average Bonchev–Trinajstić information content (AvgIpc) is 3.30. The van der Waals surface area contributed by atoms with Gasteiger partial charge in [-0.3, -0.25) is 9.59 Å². The summed E-state index contributed by atoms with van der Waals surface area (Å²) >= 11 is 5.83. The van der Waals surface area contributed by atoms with Crippen LogP contribution in [0.4, 0.5) is 16.4 Å². The second-order valence-corrected chi connectivity index (χ2v) is 8.11. The molecule has 1 aliphatic heterocycles. The largest absolute Gasteiger partial charge is 0.493 e. The number of aromatic hydroxyl groups is 1. The first-order valence-corrected chi connectivity index (χ1v) is 10.7. The monoisotopic (exact) mass is 486 g/mol. The number of urea groups is 1. The van der Waals surface area contributed by atoms with E-state index in [1.54, 1.807) is 24.3 Å². The molecule has 1 aromatic carbocycles. The zero-order chi connectivity index (χ0) is 24.5. The molecule has 0 radical (unpaired) electrons. The van der Waals surface area contributed by atoms with Crippen LogP contribution in [-0.2, 0) is 24.5 Å². The number of fused-ring (bicyclic) bond motifs is 1. The maximum atomic E-state index is 13.1. The van der Waals surface area contributed by atoms with E-state index in [9.17, 15) is 24.3 Å². The van der Waals surface area contributed by atoms with Gasteiger partial charge < -0.3 is 15.2 Å². The summed E-state index contributed by atoms with van der Waals surface area (Å²) in [5.41, 5.74) is -1.96. The highest BCUT2D eigenvalue weighted by Crippen LogP contribution is 2.43. The van der Waals surface area contributed by atoms with Crippen molar-refractivity contribution < 1.29 is 29.0 Å². The molecule has 34 heavy (non-hydrogen) atoms. The molecule has 2 heterocycles. The molecule has 176 valence electrons. The lowest BCUT2D eigenvalue weighted by Gasteiger charge is -2.26. The number of hydrogen-bond donors (Lipinski definition) is 2. The first-order valence-electron chi connectivity index (χ1n) is 10.3. The molecular formula is C21H19ClN6O6. The van der Waals surface area contributed by atoms with Crippen molar-refractivity contribution in [2.75, 3.05) is 12.4 Å². The SMILES string of the molecule is COC(=O)C(=O)[C@]1(c2nc3n(c2O)C(=NC(=O)Nc2ccc(Cl)cc2)N=N3)CCCCCC1=O. The quantitative estimate of drug-likeness (QED) is 0.289. The van der Waals surface area contributed by atoms with Gasteiger partial charge in [-0.15, -0.1) is 10.2 Å². The number of aliphatic imine (C=N–C) groups is 1. The summed E-state index contributed by atoms with van der Waals surface area (Å²) in [6.07, 6.45) is 1.62. The molecular weight excluding hydrogens is 468 g/mol. The molecule has 1 saturated carbocycles. The van der Waals surface area contributed by atoms with Crippen LogP contribution >= 0.6 is 11.6 Å². The van der Waals surface area contributed by atoms with Gasteiger partial charge >= 0.3 is 12.0 Å². The Kier molecular flexibility index (Phi) is 6.24. The fraction of sp³-hybridized carbons (Fsp3) is 0.333. The zero-order valence-corrected chi connectivity index (χ0v) is 18.7. The Balaban J connectivity index is 1.73. The van der Waals surface area contributed by atoms with Gasteiger partial charge in [-0.25, -0.2) is 19.1 Å². The minimum Gasteiger partial charge on any atom is -0.493 e. The minimum absolute atomic E-state index is 0.0241. The van der Waals surface area contributed by atoms with Crippen molar-refractivity contribution in [1.82, 2.24) is 9.55 Å². The number of imidazole rings is 1. The highest BCUT2D eigenvalue weighted by atomic mass is 35.5. The van der Waals surface area contributed by atoms with Crippen molar-refractivity contribution in [2.24, 2.45) is 15.2 Å².